The molecule has 0 aliphatic rings. The maximum atomic E-state index is 11.9. The van der Waals surface area contributed by atoms with Gasteiger partial charge in [0.25, 0.3) is 0 Å². The first-order valence-electron chi connectivity index (χ1n) is 6.88. The Morgan fingerprint density at radius 1 is 1.00 bits per heavy atom. The molecule has 5 nitrogen and oxygen atoms in total. The molecule has 2 rings (SSSR count). The number of hydrogen-bond donors (Lipinski definition) is 1. The predicted molar refractivity (Wildman–Crippen MR) is 81.2 cm³/mol. The quantitative estimate of drug-likeness (QED) is 0.851. The van der Waals surface area contributed by atoms with Gasteiger partial charge >= 0.3 is 11.9 Å². The third kappa shape index (κ3) is 3.43. The third-order valence-electron chi connectivity index (χ3n) is 3.60. The molecule has 0 fully saturated rings. The molecular weight excluding hydrogens is 284 g/mol. The largest absolute Gasteiger partial charge is 0.469 e. The molecular formula is C17H18O5. The Kier molecular flexibility index (Phi) is 5.12. The van der Waals surface area contributed by atoms with E-state index < -0.39 is 24.0 Å². The minimum Gasteiger partial charge on any atom is -0.469 e. The smallest absolute Gasteiger partial charge is 0.335 e. The highest BCUT2D eigenvalue weighted by molar-refractivity contribution is 5.85. The molecule has 0 heterocycles. The zero-order valence-electron chi connectivity index (χ0n) is 12.5. The van der Waals surface area contributed by atoms with E-state index in [1.165, 1.54) is 7.11 Å². The van der Waals surface area contributed by atoms with Crippen molar-refractivity contribution < 1.29 is 24.2 Å². The summed E-state index contributed by atoms with van der Waals surface area (Å²) in [5.41, 5.74) is 0.831. The van der Waals surface area contributed by atoms with Gasteiger partial charge in [0.15, 0.2) is 6.10 Å². The van der Waals surface area contributed by atoms with Gasteiger partial charge in [-0.15, -0.1) is 0 Å². The molecule has 0 aromatic heterocycles. The summed E-state index contributed by atoms with van der Waals surface area (Å²) < 4.78 is 9.18. The van der Waals surface area contributed by atoms with Gasteiger partial charge in [0.2, 0.25) is 0 Å². The number of benzene rings is 2. The maximum absolute atomic E-state index is 11.9. The highest BCUT2D eigenvalue weighted by Gasteiger charge is 2.33. The van der Waals surface area contributed by atoms with Crippen LogP contribution in [-0.2, 0) is 25.5 Å². The molecule has 1 N–H and O–H groups in total. The van der Waals surface area contributed by atoms with Crippen LogP contribution in [0, 0.1) is 5.92 Å². The van der Waals surface area contributed by atoms with Crippen molar-refractivity contribution in [1.82, 2.24) is 0 Å². The Hall–Kier alpha value is -2.40. The average molecular weight is 302 g/mol. The number of fused-ring (bicyclic) bond motifs is 1. The molecule has 0 aliphatic carbocycles. The van der Waals surface area contributed by atoms with Crippen molar-refractivity contribution in [2.45, 2.75) is 12.5 Å². The molecule has 0 bridgehead atoms. The second kappa shape index (κ2) is 7.04. The number of carbonyl (C=O) groups is 2. The molecule has 0 aliphatic heterocycles. The van der Waals surface area contributed by atoms with Gasteiger partial charge in [0.05, 0.1) is 20.1 Å². The molecule has 0 unspecified atom stereocenters. The number of aliphatic hydroxyl groups excluding tert-OH is 1. The number of rotatable bonds is 5. The van der Waals surface area contributed by atoms with E-state index in [4.69, 9.17) is 0 Å². The lowest BCUT2D eigenvalue weighted by Crippen LogP contribution is -2.37. The third-order valence-corrected chi connectivity index (χ3v) is 3.60. The molecule has 0 saturated carbocycles. The topological polar surface area (TPSA) is 72.8 Å². The number of esters is 2. The highest BCUT2D eigenvalue weighted by Crippen LogP contribution is 2.20. The van der Waals surface area contributed by atoms with Crippen LogP contribution in [0.2, 0.25) is 0 Å². The van der Waals surface area contributed by atoms with Gasteiger partial charge < -0.3 is 14.6 Å². The molecule has 0 amide bonds. The van der Waals surface area contributed by atoms with Gasteiger partial charge in [0.1, 0.15) is 0 Å². The zero-order valence-corrected chi connectivity index (χ0v) is 12.5. The molecule has 0 saturated heterocycles. The minimum atomic E-state index is -1.55. The molecule has 0 radical (unpaired) electrons. The van der Waals surface area contributed by atoms with E-state index in [9.17, 15) is 14.7 Å². The Morgan fingerprint density at radius 2 is 1.64 bits per heavy atom. The van der Waals surface area contributed by atoms with E-state index in [1.54, 1.807) is 0 Å². The number of carbonyl (C=O) groups excluding carboxylic acids is 2. The standard InChI is InChI=1S/C17H18O5/c1-21-16(19)14(15(18)17(20)22-2)10-11-7-8-12-5-3-4-6-13(12)9-11/h3-9,14-15,18H,10H2,1-2H3/t14-,15+/m1/s1. The van der Waals surface area contributed by atoms with Crippen LogP contribution in [0.4, 0.5) is 0 Å². The van der Waals surface area contributed by atoms with Gasteiger partial charge in [-0.25, -0.2) is 4.79 Å². The predicted octanol–water partition coefficient (Wildman–Crippen LogP) is 1.71. The molecule has 22 heavy (non-hydrogen) atoms. The lowest BCUT2D eigenvalue weighted by molar-refractivity contribution is -0.163. The lowest BCUT2D eigenvalue weighted by Gasteiger charge is -2.19. The SMILES string of the molecule is COC(=O)[C@@H](O)[C@@H](Cc1ccc2ccccc2c1)C(=O)OC. The van der Waals surface area contributed by atoms with Crippen LogP contribution in [0.1, 0.15) is 5.56 Å². The normalized spacial score (nSPS) is 13.4. The maximum Gasteiger partial charge on any atom is 0.335 e. The van der Waals surface area contributed by atoms with Crippen LogP contribution in [-0.4, -0.2) is 37.4 Å². The van der Waals surface area contributed by atoms with Crippen LogP contribution in [0.5, 0.6) is 0 Å². The molecule has 5 heteroatoms. The summed E-state index contributed by atoms with van der Waals surface area (Å²) in [6.45, 7) is 0. The van der Waals surface area contributed by atoms with Crippen molar-refractivity contribution in [3.05, 3.63) is 48.0 Å². The van der Waals surface area contributed by atoms with Gasteiger partial charge in [-0.05, 0) is 22.8 Å². The molecule has 2 atom stereocenters. The fourth-order valence-corrected chi connectivity index (χ4v) is 2.38. The van der Waals surface area contributed by atoms with E-state index in [1.807, 2.05) is 42.5 Å². The molecule has 2 aromatic rings. The Morgan fingerprint density at radius 3 is 2.27 bits per heavy atom. The van der Waals surface area contributed by atoms with Crippen LogP contribution in [0.3, 0.4) is 0 Å². The zero-order chi connectivity index (χ0) is 16.1. The highest BCUT2D eigenvalue weighted by atomic mass is 16.5. The fraction of sp³-hybridized carbons (Fsp3) is 0.294. The number of ether oxygens (including phenoxy) is 2. The monoisotopic (exact) mass is 302 g/mol. The summed E-state index contributed by atoms with van der Waals surface area (Å²) in [6.07, 6.45) is -1.36. The van der Waals surface area contributed by atoms with Crippen molar-refractivity contribution >= 4 is 22.7 Å². The van der Waals surface area contributed by atoms with Crippen LogP contribution in [0.25, 0.3) is 10.8 Å². The summed E-state index contributed by atoms with van der Waals surface area (Å²) in [7, 11) is 2.38. The lowest BCUT2D eigenvalue weighted by atomic mass is 9.92. The molecule has 0 spiro atoms. The van der Waals surface area contributed by atoms with Gasteiger partial charge in [0, 0.05) is 0 Å². The van der Waals surface area contributed by atoms with Crippen molar-refractivity contribution in [3.8, 4) is 0 Å². The molecule has 116 valence electrons. The van der Waals surface area contributed by atoms with Crippen molar-refractivity contribution in [2.24, 2.45) is 5.92 Å². The second-order valence-electron chi connectivity index (χ2n) is 4.98. The van der Waals surface area contributed by atoms with E-state index >= 15 is 0 Å². The van der Waals surface area contributed by atoms with Crippen molar-refractivity contribution in [1.29, 1.82) is 0 Å². The Labute approximate surface area is 128 Å². The summed E-state index contributed by atoms with van der Waals surface area (Å²) >= 11 is 0. The van der Waals surface area contributed by atoms with Gasteiger partial charge in [-0.2, -0.15) is 0 Å². The van der Waals surface area contributed by atoms with Gasteiger partial charge in [-0.3, -0.25) is 4.79 Å². The van der Waals surface area contributed by atoms with Crippen LogP contribution < -0.4 is 0 Å². The van der Waals surface area contributed by atoms with E-state index in [2.05, 4.69) is 9.47 Å². The van der Waals surface area contributed by atoms with Crippen molar-refractivity contribution in [3.63, 3.8) is 0 Å². The second-order valence-corrected chi connectivity index (χ2v) is 4.98. The summed E-state index contributed by atoms with van der Waals surface area (Å²) in [5, 5.41) is 12.1. The first-order valence-corrected chi connectivity index (χ1v) is 6.88. The Bertz CT molecular complexity index is 680. The molecule has 2 aromatic carbocycles. The van der Waals surface area contributed by atoms with Crippen molar-refractivity contribution in [2.75, 3.05) is 14.2 Å². The first-order chi connectivity index (χ1) is 10.6. The summed E-state index contributed by atoms with van der Waals surface area (Å²) in [5.74, 6) is -2.50. The first kappa shape index (κ1) is 16.0. The van der Waals surface area contributed by atoms with E-state index in [0.717, 1.165) is 23.4 Å². The summed E-state index contributed by atoms with van der Waals surface area (Å²) in [4.78, 5) is 23.3. The number of hydrogen-bond acceptors (Lipinski definition) is 5. The summed E-state index contributed by atoms with van der Waals surface area (Å²) in [6, 6.07) is 13.5. The minimum absolute atomic E-state index is 0.188. The van der Waals surface area contributed by atoms with Crippen LogP contribution in [0.15, 0.2) is 42.5 Å². The van der Waals surface area contributed by atoms with Crippen LogP contribution >= 0.6 is 0 Å². The number of methoxy groups -OCH3 is 2. The van der Waals surface area contributed by atoms with Gasteiger partial charge in [-0.1, -0.05) is 42.5 Å². The Balaban J connectivity index is 2.28. The average Bonchev–Trinajstić information content (AvgIpc) is 2.57. The van der Waals surface area contributed by atoms with E-state index in [0.29, 0.717) is 0 Å². The fourth-order valence-electron chi connectivity index (χ4n) is 2.38. The number of aliphatic hydroxyl groups is 1. The van der Waals surface area contributed by atoms with E-state index in [-0.39, 0.29) is 6.42 Å².